The van der Waals surface area contributed by atoms with Gasteiger partial charge in [-0.3, -0.25) is 0 Å². The molecule has 1 saturated heterocycles. The van der Waals surface area contributed by atoms with Gasteiger partial charge in [-0.1, -0.05) is 6.08 Å². The molecule has 0 spiro atoms. The molecule has 88 valence electrons. The fourth-order valence-corrected chi connectivity index (χ4v) is 2.81. The average Bonchev–Trinajstić information content (AvgIpc) is 2.19. The number of sulfonamides is 1. The smallest absolute Gasteiger partial charge is 0.217 e. The Hall–Kier alpha value is -0.430. The summed E-state index contributed by atoms with van der Waals surface area (Å²) in [5, 5.41) is 2.97. The molecule has 1 heterocycles. The molecule has 1 aliphatic heterocycles. The topological polar surface area (TPSA) is 58.6 Å². The van der Waals surface area contributed by atoms with Crippen LogP contribution in [0.5, 0.6) is 0 Å². The van der Waals surface area contributed by atoms with Gasteiger partial charge in [-0.05, 0) is 7.05 Å². The van der Waals surface area contributed by atoms with Crippen LogP contribution in [-0.2, 0) is 14.8 Å². The number of nitrogens with zero attached hydrogens (tertiary/aromatic N) is 1. The van der Waals surface area contributed by atoms with Crippen LogP contribution in [0.4, 0.5) is 0 Å². The lowest BCUT2D eigenvalue weighted by Gasteiger charge is -2.31. The molecule has 5 nitrogen and oxygen atoms in total. The van der Waals surface area contributed by atoms with Crippen molar-refractivity contribution in [3.8, 4) is 0 Å². The van der Waals surface area contributed by atoms with Gasteiger partial charge in [0.1, 0.15) is 0 Å². The molecule has 0 aromatic rings. The molecule has 0 radical (unpaired) electrons. The third-order valence-electron chi connectivity index (χ3n) is 2.26. The van der Waals surface area contributed by atoms with Crippen molar-refractivity contribution in [2.24, 2.45) is 0 Å². The number of ether oxygens (including phenoxy) is 1. The summed E-state index contributed by atoms with van der Waals surface area (Å²) in [6.45, 7) is 5.44. The van der Waals surface area contributed by atoms with Crippen LogP contribution < -0.4 is 5.32 Å². The van der Waals surface area contributed by atoms with Crippen molar-refractivity contribution in [3.05, 3.63) is 12.7 Å². The maximum Gasteiger partial charge on any atom is 0.217 e. The minimum absolute atomic E-state index is 0.000721. The summed E-state index contributed by atoms with van der Waals surface area (Å²) in [4.78, 5) is 0. The molecule has 1 atom stereocenters. The zero-order valence-corrected chi connectivity index (χ0v) is 9.79. The molecule has 1 rings (SSSR count). The van der Waals surface area contributed by atoms with Gasteiger partial charge in [-0.2, -0.15) is 4.31 Å². The minimum atomic E-state index is -3.18. The summed E-state index contributed by atoms with van der Waals surface area (Å²) < 4.78 is 30.3. The number of morpholine rings is 1. The first kappa shape index (κ1) is 12.6. The van der Waals surface area contributed by atoms with E-state index in [4.69, 9.17) is 4.74 Å². The molecular weight excluding hydrogens is 216 g/mol. The highest BCUT2D eigenvalue weighted by atomic mass is 32.2. The zero-order chi connectivity index (χ0) is 11.3. The van der Waals surface area contributed by atoms with E-state index in [0.29, 0.717) is 26.2 Å². The van der Waals surface area contributed by atoms with Crippen LogP contribution in [0.2, 0.25) is 0 Å². The van der Waals surface area contributed by atoms with E-state index in [1.54, 1.807) is 0 Å². The fraction of sp³-hybridized carbons (Fsp3) is 0.778. The van der Waals surface area contributed by atoms with E-state index < -0.39 is 10.0 Å². The van der Waals surface area contributed by atoms with Crippen molar-refractivity contribution >= 4 is 10.0 Å². The molecule has 0 aliphatic carbocycles. The van der Waals surface area contributed by atoms with Crippen LogP contribution in [0.25, 0.3) is 0 Å². The summed E-state index contributed by atoms with van der Waals surface area (Å²) in [7, 11) is -1.36. The Morgan fingerprint density at radius 2 is 2.40 bits per heavy atom. The number of nitrogens with one attached hydrogen (secondary N) is 1. The largest absolute Gasteiger partial charge is 0.374 e. The van der Waals surface area contributed by atoms with E-state index in [9.17, 15) is 8.42 Å². The van der Waals surface area contributed by atoms with Crippen molar-refractivity contribution in [2.45, 2.75) is 6.10 Å². The van der Waals surface area contributed by atoms with Gasteiger partial charge in [0.05, 0.1) is 18.5 Å². The van der Waals surface area contributed by atoms with Crippen LogP contribution in [0.1, 0.15) is 0 Å². The maximum atomic E-state index is 11.7. The molecule has 1 fully saturated rings. The van der Waals surface area contributed by atoms with Crippen molar-refractivity contribution in [1.82, 2.24) is 9.62 Å². The first-order chi connectivity index (χ1) is 7.10. The average molecular weight is 234 g/mol. The molecular formula is C9H18N2O3S. The molecule has 15 heavy (non-hydrogen) atoms. The highest BCUT2D eigenvalue weighted by Gasteiger charge is 2.27. The highest BCUT2D eigenvalue weighted by Crippen LogP contribution is 2.10. The lowest BCUT2D eigenvalue weighted by atomic mass is 10.3. The van der Waals surface area contributed by atoms with E-state index in [1.807, 2.05) is 7.05 Å². The van der Waals surface area contributed by atoms with E-state index in [1.165, 1.54) is 10.4 Å². The van der Waals surface area contributed by atoms with Gasteiger partial charge in [-0.15, -0.1) is 6.58 Å². The van der Waals surface area contributed by atoms with Gasteiger partial charge in [-0.25, -0.2) is 8.42 Å². The van der Waals surface area contributed by atoms with Crippen LogP contribution in [0, 0.1) is 0 Å². The number of rotatable bonds is 5. The molecule has 0 bridgehead atoms. The second-order valence-electron chi connectivity index (χ2n) is 3.48. The number of hydrogen-bond acceptors (Lipinski definition) is 4. The molecule has 0 aromatic heterocycles. The summed E-state index contributed by atoms with van der Waals surface area (Å²) in [5.74, 6) is -0.000721. The van der Waals surface area contributed by atoms with Crippen molar-refractivity contribution in [2.75, 3.05) is 39.0 Å². The quantitative estimate of drug-likeness (QED) is 0.647. The third kappa shape index (κ3) is 3.57. The van der Waals surface area contributed by atoms with Crippen LogP contribution >= 0.6 is 0 Å². The first-order valence-corrected chi connectivity index (χ1v) is 6.56. The second-order valence-corrected chi connectivity index (χ2v) is 5.49. The van der Waals surface area contributed by atoms with Crippen LogP contribution in [0.15, 0.2) is 12.7 Å². The van der Waals surface area contributed by atoms with Crippen molar-refractivity contribution in [3.63, 3.8) is 0 Å². The maximum absolute atomic E-state index is 11.7. The molecule has 1 N–H and O–H groups in total. The molecule has 1 aliphatic rings. The van der Waals surface area contributed by atoms with Crippen molar-refractivity contribution < 1.29 is 13.2 Å². The zero-order valence-electron chi connectivity index (χ0n) is 8.98. The highest BCUT2D eigenvalue weighted by molar-refractivity contribution is 7.89. The normalized spacial score (nSPS) is 23.9. The van der Waals surface area contributed by atoms with E-state index in [2.05, 4.69) is 11.9 Å². The Kier molecular flexibility index (Phi) is 4.72. The van der Waals surface area contributed by atoms with Gasteiger partial charge < -0.3 is 10.1 Å². The van der Waals surface area contributed by atoms with Gasteiger partial charge >= 0.3 is 0 Å². The fourth-order valence-electron chi connectivity index (χ4n) is 1.55. The SMILES string of the molecule is C=CCS(=O)(=O)N1CCOC(CNC)C1. The molecule has 0 saturated carbocycles. The predicted octanol–water partition coefficient (Wildman–Crippen LogP) is -0.578. The standard InChI is InChI=1S/C9H18N2O3S/c1-3-6-15(12,13)11-4-5-14-9(8-11)7-10-2/h3,9-10H,1,4-8H2,2H3. The lowest BCUT2D eigenvalue weighted by Crippen LogP contribution is -2.48. The van der Waals surface area contributed by atoms with Crippen molar-refractivity contribution in [1.29, 1.82) is 0 Å². The predicted molar refractivity (Wildman–Crippen MR) is 59.2 cm³/mol. The summed E-state index contributed by atoms with van der Waals surface area (Å²) in [6, 6.07) is 0. The Morgan fingerprint density at radius 3 is 3.00 bits per heavy atom. The lowest BCUT2D eigenvalue weighted by molar-refractivity contribution is 0.000922. The van der Waals surface area contributed by atoms with Crippen LogP contribution in [-0.4, -0.2) is 57.9 Å². The van der Waals surface area contributed by atoms with Gasteiger partial charge in [0.15, 0.2) is 0 Å². The number of hydrogen-bond donors (Lipinski definition) is 1. The molecule has 1 unspecified atom stereocenters. The number of likely N-dealkylation sites (N-methyl/N-ethyl adjacent to an activating group) is 1. The Balaban J connectivity index is 2.59. The first-order valence-electron chi connectivity index (χ1n) is 4.95. The van der Waals surface area contributed by atoms with Gasteiger partial charge in [0.25, 0.3) is 0 Å². The van der Waals surface area contributed by atoms with E-state index in [-0.39, 0.29) is 11.9 Å². The Morgan fingerprint density at radius 1 is 1.67 bits per heavy atom. The Bertz CT molecular complexity index is 300. The second kappa shape index (κ2) is 5.60. The van der Waals surface area contributed by atoms with Crippen LogP contribution in [0.3, 0.4) is 0 Å². The van der Waals surface area contributed by atoms with Gasteiger partial charge in [0, 0.05) is 19.6 Å². The van der Waals surface area contributed by atoms with E-state index >= 15 is 0 Å². The minimum Gasteiger partial charge on any atom is -0.374 e. The molecule has 0 amide bonds. The van der Waals surface area contributed by atoms with E-state index in [0.717, 1.165) is 0 Å². The molecule has 6 heteroatoms. The molecule has 0 aromatic carbocycles. The van der Waals surface area contributed by atoms with Gasteiger partial charge in [0.2, 0.25) is 10.0 Å². The monoisotopic (exact) mass is 234 g/mol. The Labute approximate surface area is 91.1 Å². The summed E-state index contributed by atoms with van der Waals surface area (Å²) in [5.41, 5.74) is 0. The third-order valence-corrected chi connectivity index (χ3v) is 4.03. The summed E-state index contributed by atoms with van der Waals surface area (Å²) in [6.07, 6.45) is 1.36. The summed E-state index contributed by atoms with van der Waals surface area (Å²) >= 11 is 0.